The van der Waals surface area contributed by atoms with Gasteiger partial charge >= 0.3 is 0 Å². The lowest BCUT2D eigenvalue weighted by Gasteiger charge is -2.17. The summed E-state index contributed by atoms with van der Waals surface area (Å²) < 4.78 is 0. The molecule has 0 spiro atoms. The molecule has 31 heavy (non-hydrogen) atoms. The molecular formula is C24H25N3O4. The van der Waals surface area contributed by atoms with Crippen LogP contribution in [0.1, 0.15) is 45.5 Å². The van der Waals surface area contributed by atoms with Crippen LogP contribution < -0.4 is 5.32 Å². The molecule has 0 saturated carbocycles. The van der Waals surface area contributed by atoms with E-state index in [1.54, 1.807) is 24.3 Å². The Morgan fingerprint density at radius 3 is 2.26 bits per heavy atom. The van der Waals surface area contributed by atoms with Crippen molar-refractivity contribution < 1.29 is 19.2 Å². The fourth-order valence-corrected chi connectivity index (χ4v) is 4.13. The van der Waals surface area contributed by atoms with Crippen molar-refractivity contribution in [1.29, 1.82) is 0 Å². The van der Waals surface area contributed by atoms with E-state index in [9.17, 15) is 19.2 Å². The van der Waals surface area contributed by atoms with Crippen molar-refractivity contribution in [3.05, 3.63) is 71.3 Å². The normalized spacial score (nSPS) is 17.9. The second kappa shape index (κ2) is 9.12. The van der Waals surface area contributed by atoms with Crippen LogP contribution in [0.3, 0.4) is 0 Å². The van der Waals surface area contributed by atoms with Crippen LogP contribution in [0.15, 0.2) is 54.6 Å². The van der Waals surface area contributed by atoms with Crippen molar-refractivity contribution in [2.45, 2.75) is 25.8 Å². The van der Waals surface area contributed by atoms with Gasteiger partial charge in [-0.25, -0.2) is 0 Å². The Morgan fingerprint density at radius 2 is 1.58 bits per heavy atom. The fourth-order valence-electron chi connectivity index (χ4n) is 4.13. The van der Waals surface area contributed by atoms with E-state index in [-0.39, 0.29) is 42.5 Å². The summed E-state index contributed by atoms with van der Waals surface area (Å²) in [4.78, 5) is 52.2. The van der Waals surface area contributed by atoms with E-state index >= 15 is 0 Å². The lowest BCUT2D eigenvalue weighted by Crippen LogP contribution is -2.33. The van der Waals surface area contributed by atoms with Crippen LogP contribution in [-0.2, 0) is 16.1 Å². The first-order valence-electron chi connectivity index (χ1n) is 10.6. The van der Waals surface area contributed by atoms with E-state index in [2.05, 4.69) is 5.32 Å². The molecule has 2 aliphatic rings. The summed E-state index contributed by atoms with van der Waals surface area (Å²) in [6.07, 6.45) is 1.06. The molecule has 160 valence electrons. The first-order valence-corrected chi connectivity index (χ1v) is 10.6. The van der Waals surface area contributed by atoms with Crippen LogP contribution in [0.25, 0.3) is 0 Å². The smallest absolute Gasteiger partial charge is 0.261 e. The fraction of sp³-hybridized carbons (Fsp3) is 0.333. The number of hydrogen-bond donors (Lipinski definition) is 1. The number of rotatable bonds is 8. The van der Waals surface area contributed by atoms with E-state index in [0.29, 0.717) is 43.6 Å². The third kappa shape index (κ3) is 4.66. The zero-order valence-corrected chi connectivity index (χ0v) is 17.3. The van der Waals surface area contributed by atoms with Gasteiger partial charge in [-0.15, -0.1) is 0 Å². The lowest BCUT2D eigenvalue weighted by molar-refractivity contribution is -0.128. The van der Waals surface area contributed by atoms with Crippen LogP contribution in [-0.4, -0.2) is 53.1 Å². The summed E-state index contributed by atoms with van der Waals surface area (Å²) in [5, 5.41) is 2.89. The van der Waals surface area contributed by atoms with E-state index in [0.717, 1.165) is 5.56 Å². The monoisotopic (exact) mass is 419 g/mol. The zero-order valence-electron chi connectivity index (χ0n) is 17.3. The van der Waals surface area contributed by atoms with Crippen molar-refractivity contribution in [2.24, 2.45) is 5.92 Å². The molecule has 4 amide bonds. The summed E-state index contributed by atoms with van der Waals surface area (Å²) >= 11 is 0. The van der Waals surface area contributed by atoms with Crippen LogP contribution in [0.2, 0.25) is 0 Å². The van der Waals surface area contributed by atoms with Crippen LogP contribution in [0.4, 0.5) is 0 Å². The number of likely N-dealkylation sites (tertiary alicyclic amines) is 1. The number of benzene rings is 2. The molecule has 2 aliphatic heterocycles. The highest BCUT2D eigenvalue weighted by Crippen LogP contribution is 2.23. The molecule has 1 fully saturated rings. The van der Waals surface area contributed by atoms with Crippen molar-refractivity contribution in [2.75, 3.05) is 19.6 Å². The van der Waals surface area contributed by atoms with Gasteiger partial charge in [-0.1, -0.05) is 42.5 Å². The van der Waals surface area contributed by atoms with Gasteiger partial charge in [0.2, 0.25) is 11.8 Å². The Morgan fingerprint density at radius 1 is 0.935 bits per heavy atom. The molecular weight excluding hydrogens is 394 g/mol. The summed E-state index contributed by atoms with van der Waals surface area (Å²) in [5.41, 5.74) is 1.93. The minimum atomic E-state index is -0.302. The Bertz CT molecular complexity index is 970. The maximum absolute atomic E-state index is 12.3. The minimum Gasteiger partial charge on any atom is -0.356 e. The van der Waals surface area contributed by atoms with Gasteiger partial charge in [0.1, 0.15) is 0 Å². The largest absolute Gasteiger partial charge is 0.356 e. The standard InChI is InChI=1S/C24H25N3O4/c28-21(11-6-12-27-23(30)19-9-4-5-10-20(19)24(27)31)25-14-18-13-22(29)26(16-18)15-17-7-2-1-3-8-17/h1-5,7-10,18H,6,11-16H2,(H,25,28). The predicted molar refractivity (Wildman–Crippen MR) is 114 cm³/mol. The summed E-state index contributed by atoms with van der Waals surface area (Å²) in [7, 11) is 0. The molecule has 1 unspecified atom stereocenters. The minimum absolute atomic E-state index is 0.0939. The second-order valence-electron chi connectivity index (χ2n) is 8.05. The maximum atomic E-state index is 12.3. The molecule has 1 N–H and O–H groups in total. The first kappa shape index (κ1) is 20.8. The van der Waals surface area contributed by atoms with Gasteiger partial charge in [0.05, 0.1) is 11.1 Å². The van der Waals surface area contributed by atoms with Gasteiger partial charge < -0.3 is 10.2 Å². The number of fused-ring (bicyclic) bond motifs is 1. The number of carbonyl (C=O) groups is 4. The van der Waals surface area contributed by atoms with E-state index in [1.807, 2.05) is 35.2 Å². The van der Waals surface area contributed by atoms with Crippen molar-refractivity contribution >= 4 is 23.6 Å². The number of imide groups is 1. The number of amides is 4. The maximum Gasteiger partial charge on any atom is 0.261 e. The summed E-state index contributed by atoms with van der Waals surface area (Å²) in [6, 6.07) is 16.6. The average Bonchev–Trinajstić information content (AvgIpc) is 3.25. The van der Waals surface area contributed by atoms with E-state index < -0.39 is 0 Å². The van der Waals surface area contributed by atoms with Crippen molar-refractivity contribution in [3.63, 3.8) is 0 Å². The topological polar surface area (TPSA) is 86.8 Å². The van der Waals surface area contributed by atoms with Crippen LogP contribution in [0.5, 0.6) is 0 Å². The SMILES string of the molecule is O=C(CCCN1C(=O)c2ccccc2C1=O)NCC1CC(=O)N(Cc2ccccc2)C1. The Labute approximate surface area is 181 Å². The van der Waals surface area contributed by atoms with E-state index in [4.69, 9.17) is 0 Å². The van der Waals surface area contributed by atoms with Crippen molar-refractivity contribution in [1.82, 2.24) is 15.1 Å². The summed E-state index contributed by atoms with van der Waals surface area (Å²) in [5.74, 6) is -0.538. The average molecular weight is 419 g/mol. The third-order valence-corrected chi connectivity index (χ3v) is 5.76. The van der Waals surface area contributed by atoms with E-state index in [1.165, 1.54) is 4.90 Å². The molecule has 7 nitrogen and oxygen atoms in total. The number of nitrogens with zero attached hydrogens (tertiary/aromatic N) is 2. The Balaban J connectivity index is 1.18. The molecule has 0 aliphatic carbocycles. The van der Waals surface area contributed by atoms with Gasteiger partial charge in [-0.2, -0.15) is 0 Å². The molecule has 1 atom stereocenters. The zero-order chi connectivity index (χ0) is 21.8. The van der Waals surface area contributed by atoms with Crippen LogP contribution >= 0.6 is 0 Å². The lowest BCUT2D eigenvalue weighted by atomic mass is 10.1. The van der Waals surface area contributed by atoms with Gasteiger partial charge in [-0.3, -0.25) is 24.1 Å². The molecule has 1 saturated heterocycles. The van der Waals surface area contributed by atoms with Crippen LogP contribution in [0, 0.1) is 5.92 Å². The molecule has 0 bridgehead atoms. The first-order chi connectivity index (χ1) is 15.0. The quantitative estimate of drug-likeness (QED) is 0.665. The third-order valence-electron chi connectivity index (χ3n) is 5.76. The molecule has 2 heterocycles. The highest BCUT2D eigenvalue weighted by Gasteiger charge is 2.34. The van der Waals surface area contributed by atoms with Gasteiger partial charge in [-0.05, 0) is 24.1 Å². The van der Waals surface area contributed by atoms with Gasteiger partial charge in [0.25, 0.3) is 11.8 Å². The van der Waals surface area contributed by atoms with Gasteiger partial charge in [0.15, 0.2) is 0 Å². The highest BCUT2D eigenvalue weighted by molar-refractivity contribution is 6.21. The molecule has 0 radical (unpaired) electrons. The molecule has 0 aromatic heterocycles. The Hall–Kier alpha value is -3.48. The number of carbonyl (C=O) groups excluding carboxylic acids is 4. The number of nitrogens with one attached hydrogen (secondary N) is 1. The van der Waals surface area contributed by atoms with Gasteiger partial charge in [0, 0.05) is 44.9 Å². The Kier molecular flexibility index (Phi) is 6.11. The highest BCUT2D eigenvalue weighted by atomic mass is 16.2. The number of hydrogen-bond acceptors (Lipinski definition) is 4. The second-order valence-corrected chi connectivity index (χ2v) is 8.05. The molecule has 7 heteroatoms. The molecule has 2 aromatic rings. The molecule has 2 aromatic carbocycles. The predicted octanol–water partition coefficient (Wildman–Crippen LogP) is 2.23. The van der Waals surface area contributed by atoms with Crippen molar-refractivity contribution in [3.8, 4) is 0 Å². The molecule has 4 rings (SSSR count). The summed E-state index contributed by atoms with van der Waals surface area (Å²) in [6.45, 7) is 1.88.